The quantitative estimate of drug-likeness (QED) is 0.679. The fourth-order valence-corrected chi connectivity index (χ4v) is 3.11. The first-order chi connectivity index (χ1) is 11.2. The van der Waals surface area contributed by atoms with Gasteiger partial charge in [-0.2, -0.15) is 0 Å². The molecule has 0 saturated heterocycles. The van der Waals surface area contributed by atoms with Gasteiger partial charge < -0.3 is 20.5 Å². The Morgan fingerprint density at radius 3 is 2.87 bits per heavy atom. The Kier molecular flexibility index (Phi) is 7.36. The van der Waals surface area contributed by atoms with Crippen molar-refractivity contribution in [1.82, 2.24) is 10.6 Å². The first-order valence-corrected chi connectivity index (χ1v) is 8.48. The van der Waals surface area contributed by atoms with E-state index < -0.39 is 0 Å². The third kappa shape index (κ3) is 5.84. The number of rotatable bonds is 8. The van der Waals surface area contributed by atoms with E-state index in [9.17, 15) is 9.90 Å². The third-order valence-electron chi connectivity index (χ3n) is 4.47. The van der Waals surface area contributed by atoms with Gasteiger partial charge in [0.05, 0.1) is 19.8 Å². The van der Waals surface area contributed by atoms with Gasteiger partial charge in [0.25, 0.3) is 0 Å². The van der Waals surface area contributed by atoms with Gasteiger partial charge in [-0.3, -0.25) is 4.79 Å². The van der Waals surface area contributed by atoms with Gasteiger partial charge in [-0.1, -0.05) is 31.0 Å². The molecule has 1 fully saturated rings. The molecule has 0 aromatic heterocycles. The van der Waals surface area contributed by atoms with Crippen molar-refractivity contribution < 1.29 is 14.6 Å². The Labute approximate surface area is 138 Å². The number of para-hydroxylation sites is 1. The number of aliphatic hydroxyl groups excluding tert-OH is 1. The minimum absolute atomic E-state index is 0.00908. The van der Waals surface area contributed by atoms with Gasteiger partial charge in [0.1, 0.15) is 5.75 Å². The minimum atomic E-state index is -0.218. The highest BCUT2D eigenvalue weighted by molar-refractivity contribution is 5.77. The number of benzene rings is 1. The number of methoxy groups -OCH3 is 1. The molecule has 5 heteroatoms. The smallest absolute Gasteiger partial charge is 0.233 e. The van der Waals surface area contributed by atoms with E-state index >= 15 is 0 Å². The molecule has 1 aliphatic carbocycles. The van der Waals surface area contributed by atoms with Gasteiger partial charge in [-0.25, -0.2) is 0 Å². The number of carbonyl (C=O) groups excluding carboxylic acids is 1. The number of carbonyl (C=O) groups is 1. The molecule has 23 heavy (non-hydrogen) atoms. The molecule has 128 valence electrons. The van der Waals surface area contributed by atoms with Crippen LogP contribution in [-0.2, 0) is 11.2 Å². The van der Waals surface area contributed by atoms with Gasteiger partial charge in [-0.15, -0.1) is 0 Å². The van der Waals surface area contributed by atoms with E-state index in [0.29, 0.717) is 19.6 Å². The second kappa shape index (κ2) is 9.53. The van der Waals surface area contributed by atoms with Crippen LogP contribution in [0.25, 0.3) is 0 Å². The van der Waals surface area contributed by atoms with E-state index in [2.05, 4.69) is 10.6 Å². The monoisotopic (exact) mass is 320 g/mol. The first-order valence-electron chi connectivity index (χ1n) is 8.48. The van der Waals surface area contributed by atoms with Crippen molar-refractivity contribution in [2.75, 3.05) is 26.7 Å². The Morgan fingerprint density at radius 1 is 1.30 bits per heavy atom. The molecule has 1 aromatic rings. The molecular formula is C18H28N2O3. The van der Waals surface area contributed by atoms with E-state index in [4.69, 9.17) is 4.74 Å². The molecule has 3 N–H and O–H groups in total. The summed E-state index contributed by atoms with van der Waals surface area (Å²) in [6.07, 6.45) is 4.75. The van der Waals surface area contributed by atoms with Crippen molar-refractivity contribution >= 4 is 5.91 Å². The van der Waals surface area contributed by atoms with Crippen molar-refractivity contribution in [2.45, 2.75) is 38.2 Å². The van der Waals surface area contributed by atoms with Crippen LogP contribution in [0.3, 0.4) is 0 Å². The summed E-state index contributed by atoms with van der Waals surface area (Å²) in [6, 6.07) is 7.84. The maximum Gasteiger partial charge on any atom is 0.233 e. The fourth-order valence-electron chi connectivity index (χ4n) is 3.11. The molecule has 0 heterocycles. The molecule has 0 aliphatic heterocycles. The van der Waals surface area contributed by atoms with Crippen LogP contribution < -0.4 is 15.4 Å². The summed E-state index contributed by atoms with van der Waals surface area (Å²) in [7, 11) is 1.65. The molecule has 2 rings (SSSR count). The predicted octanol–water partition coefficient (Wildman–Crippen LogP) is 1.49. The van der Waals surface area contributed by atoms with Crippen LogP contribution in [0.2, 0.25) is 0 Å². The molecule has 0 radical (unpaired) electrons. The van der Waals surface area contributed by atoms with Gasteiger partial charge >= 0.3 is 0 Å². The van der Waals surface area contributed by atoms with Crippen molar-refractivity contribution in [1.29, 1.82) is 0 Å². The number of aliphatic hydroxyl groups is 1. The summed E-state index contributed by atoms with van der Waals surface area (Å²) in [5.74, 6) is 1.13. The van der Waals surface area contributed by atoms with Crippen molar-refractivity contribution in [3.8, 4) is 5.75 Å². The topological polar surface area (TPSA) is 70.6 Å². The first kappa shape index (κ1) is 17.8. The zero-order valence-electron chi connectivity index (χ0n) is 13.9. The van der Waals surface area contributed by atoms with E-state index in [0.717, 1.165) is 37.0 Å². The average Bonchev–Trinajstić information content (AvgIpc) is 2.57. The van der Waals surface area contributed by atoms with E-state index in [1.165, 1.54) is 6.42 Å². The lowest BCUT2D eigenvalue weighted by Crippen LogP contribution is -2.39. The normalized spacial score (nSPS) is 21.0. The van der Waals surface area contributed by atoms with Crippen LogP contribution in [-0.4, -0.2) is 43.9 Å². The molecule has 0 spiro atoms. The molecular weight excluding hydrogens is 292 g/mol. The van der Waals surface area contributed by atoms with Crippen LogP contribution in [0.5, 0.6) is 5.75 Å². The summed E-state index contributed by atoms with van der Waals surface area (Å²) in [4.78, 5) is 11.8. The lowest BCUT2D eigenvalue weighted by atomic mass is 9.86. The van der Waals surface area contributed by atoms with Gasteiger partial charge in [0.15, 0.2) is 0 Å². The molecule has 1 aromatic carbocycles. The highest BCUT2D eigenvalue weighted by atomic mass is 16.5. The number of amides is 1. The van der Waals surface area contributed by atoms with Gasteiger partial charge in [0.2, 0.25) is 5.91 Å². The number of hydrogen-bond acceptors (Lipinski definition) is 4. The Bertz CT molecular complexity index is 493. The van der Waals surface area contributed by atoms with E-state index in [1.54, 1.807) is 7.11 Å². The minimum Gasteiger partial charge on any atom is -0.496 e. The number of ether oxygens (including phenoxy) is 1. The maximum atomic E-state index is 11.8. The van der Waals surface area contributed by atoms with Gasteiger partial charge in [0, 0.05) is 13.1 Å². The van der Waals surface area contributed by atoms with Crippen LogP contribution in [0.15, 0.2) is 24.3 Å². The molecule has 1 aliphatic rings. The van der Waals surface area contributed by atoms with Crippen LogP contribution >= 0.6 is 0 Å². The predicted molar refractivity (Wildman–Crippen MR) is 90.5 cm³/mol. The molecule has 2 atom stereocenters. The van der Waals surface area contributed by atoms with Crippen molar-refractivity contribution in [3.05, 3.63) is 29.8 Å². The van der Waals surface area contributed by atoms with Crippen molar-refractivity contribution in [2.24, 2.45) is 5.92 Å². The molecule has 0 unspecified atom stereocenters. The van der Waals surface area contributed by atoms with Crippen LogP contribution in [0, 0.1) is 5.92 Å². The van der Waals surface area contributed by atoms with E-state index in [-0.39, 0.29) is 17.9 Å². The summed E-state index contributed by atoms with van der Waals surface area (Å²) in [5.41, 5.74) is 1.09. The second-order valence-corrected chi connectivity index (χ2v) is 6.15. The number of nitrogens with one attached hydrogen (secondary N) is 2. The van der Waals surface area contributed by atoms with Crippen LogP contribution in [0.4, 0.5) is 0 Å². The molecule has 5 nitrogen and oxygen atoms in total. The highest BCUT2D eigenvalue weighted by Crippen LogP contribution is 2.23. The SMILES string of the molecule is COc1ccccc1CCNC(=O)CNC[C@H]1CCCC[C@H]1O. The van der Waals surface area contributed by atoms with E-state index in [1.807, 2.05) is 24.3 Å². The Hall–Kier alpha value is -1.59. The zero-order chi connectivity index (χ0) is 16.5. The summed E-state index contributed by atoms with van der Waals surface area (Å²) in [6.45, 7) is 1.60. The third-order valence-corrected chi connectivity index (χ3v) is 4.47. The lowest BCUT2D eigenvalue weighted by molar-refractivity contribution is -0.120. The maximum absolute atomic E-state index is 11.8. The fraction of sp³-hybridized carbons (Fsp3) is 0.611. The molecule has 1 saturated carbocycles. The standard InChI is InChI=1S/C18H28N2O3/c1-23-17-9-5-3-6-14(17)10-11-20-18(22)13-19-12-15-7-2-4-8-16(15)21/h3,5-6,9,15-16,19,21H,2,4,7-8,10-13H2,1H3,(H,20,22)/t15-,16-/m1/s1. The van der Waals surface area contributed by atoms with Crippen LogP contribution in [0.1, 0.15) is 31.2 Å². The summed E-state index contributed by atoms with van der Waals surface area (Å²) >= 11 is 0. The zero-order valence-corrected chi connectivity index (χ0v) is 13.9. The second-order valence-electron chi connectivity index (χ2n) is 6.15. The average molecular weight is 320 g/mol. The highest BCUT2D eigenvalue weighted by Gasteiger charge is 2.22. The summed E-state index contributed by atoms with van der Waals surface area (Å²) in [5, 5.41) is 16.0. The molecule has 0 bridgehead atoms. The lowest BCUT2D eigenvalue weighted by Gasteiger charge is -2.27. The largest absolute Gasteiger partial charge is 0.496 e. The summed E-state index contributed by atoms with van der Waals surface area (Å²) < 4.78 is 5.30. The van der Waals surface area contributed by atoms with Gasteiger partial charge in [-0.05, 0) is 36.8 Å². The number of hydrogen-bond donors (Lipinski definition) is 3. The Morgan fingerprint density at radius 2 is 2.09 bits per heavy atom. The molecule has 1 amide bonds. The Balaban J connectivity index is 1.61. The van der Waals surface area contributed by atoms with Crippen molar-refractivity contribution in [3.63, 3.8) is 0 Å².